The summed E-state index contributed by atoms with van der Waals surface area (Å²) in [5, 5.41) is 3.23. The van der Waals surface area contributed by atoms with Gasteiger partial charge in [0.25, 0.3) is 0 Å². The maximum atomic E-state index is 5.52. The highest BCUT2D eigenvalue weighted by atomic mass is 16.7. The minimum atomic E-state index is 0.284. The molecule has 2 aromatic heterocycles. The monoisotopic (exact) mass is 417 g/mol. The van der Waals surface area contributed by atoms with Crippen molar-refractivity contribution in [3.05, 3.63) is 60.0 Å². The van der Waals surface area contributed by atoms with Crippen LogP contribution in [0.3, 0.4) is 0 Å². The van der Waals surface area contributed by atoms with E-state index in [9.17, 15) is 0 Å². The molecule has 160 valence electrons. The molecule has 0 unspecified atom stereocenters. The highest BCUT2D eigenvalue weighted by molar-refractivity contribution is 5.65. The van der Waals surface area contributed by atoms with E-state index in [1.807, 2.05) is 36.8 Å². The van der Waals surface area contributed by atoms with Crippen LogP contribution in [-0.2, 0) is 6.54 Å². The van der Waals surface area contributed by atoms with Crippen molar-refractivity contribution in [1.29, 1.82) is 0 Å². The van der Waals surface area contributed by atoms with E-state index in [2.05, 4.69) is 51.1 Å². The van der Waals surface area contributed by atoms with Crippen molar-refractivity contribution >= 4 is 5.95 Å². The lowest BCUT2D eigenvalue weighted by molar-refractivity contribution is 0.174. The lowest BCUT2D eigenvalue weighted by Gasteiger charge is -2.16. The SMILES string of the molecule is CC(C)Nc1ncc(CN2CC[C@@H](c3ccnc(-c4ccc5c(c4)OCO5)c3)C2)cn1. The Morgan fingerprint density at radius 3 is 2.74 bits per heavy atom. The highest BCUT2D eigenvalue weighted by Gasteiger charge is 2.24. The summed E-state index contributed by atoms with van der Waals surface area (Å²) in [6, 6.07) is 10.7. The minimum Gasteiger partial charge on any atom is -0.454 e. The van der Waals surface area contributed by atoms with Crippen molar-refractivity contribution in [2.75, 3.05) is 25.2 Å². The quantitative estimate of drug-likeness (QED) is 0.648. The molecule has 0 spiro atoms. The number of hydrogen-bond acceptors (Lipinski definition) is 7. The third-order valence-corrected chi connectivity index (χ3v) is 5.73. The summed E-state index contributed by atoms with van der Waals surface area (Å²) in [7, 11) is 0. The Morgan fingerprint density at radius 2 is 1.90 bits per heavy atom. The molecule has 7 heteroatoms. The predicted molar refractivity (Wildman–Crippen MR) is 119 cm³/mol. The lowest BCUT2D eigenvalue weighted by Crippen LogP contribution is -2.20. The van der Waals surface area contributed by atoms with Crippen LogP contribution >= 0.6 is 0 Å². The Hall–Kier alpha value is -3.19. The fourth-order valence-electron chi connectivity index (χ4n) is 4.19. The van der Waals surface area contributed by atoms with Crippen LogP contribution in [0.4, 0.5) is 5.95 Å². The van der Waals surface area contributed by atoms with Crippen LogP contribution in [0.25, 0.3) is 11.3 Å². The van der Waals surface area contributed by atoms with Crippen molar-refractivity contribution in [2.45, 2.75) is 38.8 Å². The summed E-state index contributed by atoms with van der Waals surface area (Å²) in [4.78, 5) is 15.9. The van der Waals surface area contributed by atoms with Gasteiger partial charge in [0.05, 0.1) is 5.69 Å². The van der Waals surface area contributed by atoms with Crippen molar-refractivity contribution in [2.24, 2.45) is 0 Å². The molecule has 31 heavy (non-hydrogen) atoms. The van der Waals surface area contributed by atoms with E-state index in [-0.39, 0.29) is 6.79 Å². The van der Waals surface area contributed by atoms with Crippen LogP contribution in [0.1, 0.15) is 37.3 Å². The van der Waals surface area contributed by atoms with Crippen LogP contribution in [0.2, 0.25) is 0 Å². The molecule has 4 heterocycles. The van der Waals surface area contributed by atoms with Crippen LogP contribution in [0, 0.1) is 0 Å². The fraction of sp³-hybridized carbons (Fsp3) is 0.375. The molecule has 3 aromatic rings. The second-order valence-electron chi connectivity index (χ2n) is 8.48. The predicted octanol–water partition coefficient (Wildman–Crippen LogP) is 4.08. The molecule has 1 fully saturated rings. The van der Waals surface area contributed by atoms with Crippen LogP contribution < -0.4 is 14.8 Å². The van der Waals surface area contributed by atoms with Gasteiger partial charge >= 0.3 is 0 Å². The maximum absolute atomic E-state index is 5.52. The topological polar surface area (TPSA) is 72.4 Å². The van der Waals surface area contributed by atoms with Gasteiger partial charge < -0.3 is 14.8 Å². The molecule has 1 saturated heterocycles. The van der Waals surface area contributed by atoms with E-state index >= 15 is 0 Å². The first-order chi connectivity index (χ1) is 15.1. The number of pyridine rings is 1. The van der Waals surface area contributed by atoms with Crippen molar-refractivity contribution < 1.29 is 9.47 Å². The normalized spacial score (nSPS) is 18.0. The zero-order valence-corrected chi connectivity index (χ0v) is 17.9. The van der Waals surface area contributed by atoms with Gasteiger partial charge in [0.1, 0.15) is 0 Å². The summed E-state index contributed by atoms with van der Waals surface area (Å²) < 4.78 is 10.9. The number of rotatable bonds is 6. The average Bonchev–Trinajstić information content (AvgIpc) is 3.44. The van der Waals surface area contributed by atoms with Crippen LogP contribution in [-0.4, -0.2) is 45.8 Å². The van der Waals surface area contributed by atoms with Gasteiger partial charge in [-0.05, 0) is 68.6 Å². The van der Waals surface area contributed by atoms with Gasteiger partial charge in [0.15, 0.2) is 11.5 Å². The second kappa shape index (κ2) is 8.51. The third kappa shape index (κ3) is 4.46. The van der Waals surface area contributed by atoms with Gasteiger partial charge in [-0.3, -0.25) is 9.88 Å². The van der Waals surface area contributed by atoms with Crippen LogP contribution in [0.15, 0.2) is 48.9 Å². The zero-order valence-electron chi connectivity index (χ0n) is 17.9. The Balaban J connectivity index is 1.24. The van der Waals surface area contributed by atoms with E-state index in [0.29, 0.717) is 17.9 Å². The second-order valence-corrected chi connectivity index (χ2v) is 8.48. The van der Waals surface area contributed by atoms with Crippen LogP contribution in [0.5, 0.6) is 11.5 Å². The minimum absolute atomic E-state index is 0.284. The Bertz CT molecular complexity index is 1050. The summed E-state index contributed by atoms with van der Waals surface area (Å²) in [5.41, 5.74) is 4.49. The van der Waals surface area contributed by atoms with Gasteiger partial charge in [-0.25, -0.2) is 9.97 Å². The number of aromatic nitrogens is 3. The molecule has 0 saturated carbocycles. The molecule has 0 bridgehead atoms. The standard InChI is InChI=1S/C24H27N5O2/c1-16(2)28-24-26-11-17(12-27-24)13-29-8-6-20(14-29)18-5-7-25-21(9-18)19-3-4-22-23(10-19)31-15-30-22/h3-5,7,9-12,16,20H,6,8,13-15H2,1-2H3,(H,26,27,28)/t20-/m1/s1. The Kier molecular flexibility index (Phi) is 5.42. The van der Waals surface area contributed by atoms with Gasteiger partial charge in [-0.2, -0.15) is 0 Å². The number of benzene rings is 1. The van der Waals surface area contributed by atoms with Crippen molar-refractivity contribution in [3.8, 4) is 22.8 Å². The number of likely N-dealkylation sites (tertiary alicyclic amines) is 1. The first kappa shape index (κ1) is 19.8. The molecule has 0 radical (unpaired) electrons. The number of hydrogen-bond donors (Lipinski definition) is 1. The summed E-state index contributed by atoms with van der Waals surface area (Å²) in [5.74, 6) is 2.77. The summed E-state index contributed by atoms with van der Waals surface area (Å²) >= 11 is 0. The van der Waals surface area contributed by atoms with Gasteiger partial charge in [-0.1, -0.05) is 0 Å². The number of ether oxygens (including phenoxy) is 2. The number of nitrogens with zero attached hydrogens (tertiary/aromatic N) is 4. The molecule has 0 aliphatic carbocycles. The molecular formula is C24H27N5O2. The zero-order chi connectivity index (χ0) is 21.2. The third-order valence-electron chi connectivity index (χ3n) is 5.73. The maximum Gasteiger partial charge on any atom is 0.231 e. The van der Waals surface area contributed by atoms with E-state index in [1.54, 1.807) is 0 Å². The van der Waals surface area contributed by atoms with Crippen molar-refractivity contribution in [1.82, 2.24) is 19.9 Å². The fourth-order valence-corrected chi connectivity index (χ4v) is 4.19. The Labute approximate surface area is 182 Å². The first-order valence-corrected chi connectivity index (χ1v) is 10.8. The summed E-state index contributed by atoms with van der Waals surface area (Å²) in [6.07, 6.45) is 6.90. The van der Waals surface area contributed by atoms with Gasteiger partial charge in [-0.15, -0.1) is 0 Å². The molecule has 2 aliphatic heterocycles. The average molecular weight is 418 g/mol. The molecule has 5 rings (SSSR count). The lowest BCUT2D eigenvalue weighted by atomic mass is 9.97. The van der Waals surface area contributed by atoms with E-state index < -0.39 is 0 Å². The molecule has 2 aliphatic rings. The smallest absolute Gasteiger partial charge is 0.231 e. The van der Waals surface area contributed by atoms with Gasteiger partial charge in [0, 0.05) is 48.8 Å². The summed E-state index contributed by atoms with van der Waals surface area (Å²) in [6.45, 7) is 7.41. The molecule has 7 nitrogen and oxygen atoms in total. The molecular weight excluding hydrogens is 390 g/mol. The number of fused-ring (bicyclic) bond motifs is 1. The molecule has 1 aromatic carbocycles. The Morgan fingerprint density at radius 1 is 1.06 bits per heavy atom. The molecule has 0 amide bonds. The highest BCUT2D eigenvalue weighted by Crippen LogP contribution is 2.36. The van der Waals surface area contributed by atoms with E-state index in [0.717, 1.165) is 54.4 Å². The largest absolute Gasteiger partial charge is 0.454 e. The number of anilines is 1. The first-order valence-electron chi connectivity index (χ1n) is 10.8. The van der Waals surface area contributed by atoms with E-state index in [4.69, 9.17) is 9.47 Å². The van der Waals surface area contributed by atoms with Gasteiger partial charge in [0.2, 0.25) is 12.7 Å². The molecule has 1 atom stereocenters. The number of nitrogens with one attached hydrogen (secondary N) is 1. The molecule has 1 N–H and O–H groups in total. The van der Waals surface area contributed by atoms with Crippen molar-refractivity contribution in [3.63, 3.8) is 0 Å². The van der Waals surface area contributed by atoms with E-state index in [1.165, 1.54) is 5.56 Å².